The summed E-state index contributed by atoms with van der Waals surface area (Å²) in [5.41, 5.74) is 0.230. The highest BCUT2D eigenvalue weighted by molar-refractivity contribution is 5.87. The van der Waals surface area contributed by atoms with Gasteiger partial charge in [0.2, 0.25) is 0 Å². The molecule has 0 saturated carbocycles. The SMILES string of the molecule is COCC(O)CNCCOc1ccc(C(=O)O)cc1. The minimum atomic E-state index is -0.958. The predicted molar refractivity (Wildman–Crippen MR) is 69.6 cm³/mol. The molecule has 0 aliphatic heterocycles. The second-order valence-electron chi connectivity index (χ2n) is 3.99. The van der Waals surface area contributed by atoms with Crippen molar-refractivity contribution in [1.29, 1.82) is 0 Å². The Morgan fingerprint density at radius 2 is 2.05 bits per heavy atom. The van der Waals surface area contributed by atoms with Crippen molar-refractivity contribution in [3.05, 3.63) is 29.8 Å². The number of methoxy groups -OCH3 is 1. The number of ether oxygens (including phenoxy) is 2. The van der Waals surface area contributed by atoms with E-state index in [0.717, 1.165) is 0 Å². The quantitative estimate of drug-likeness (QED) is 0.561. The van der Waals surface area contributed by atoms with E-state index in [9.17, 15) is 9.90 Å². The van der Waals surface area contributed by atoms with E-state index < -0.39 is 12.1 Å². The van der Waals surface area contributed by atoms with E-state index in [4.69, 9.17) is 14.6 Å². The molecule has 1 rings (SSSR count). The Labute approximate surface area is 112 Å². The Morgan fingerprint density at radius 3 is 2.63 bits per heavy atom. The van der Waals surface area contributed by atoms with Crippen LogP contribution >= 0.6 is 0 Å². The summed E-state index contributed by atoms with van der Waals surface area (Å²) in [6.07, 6.45) is -0.528. The number of aromatic carboxylic acids is 1. The lowest BCUT2D eigenvalue weighted by molar-refractivity contribution is 0.0641. The molecule has 1 atom stereocenters. The molecule has 106 valence electrons. The van der Waals surface area contributed by atoms with Crippen LogP contribution in [0.4, 0.5) is 0 Å². The topological polar surface area (TPSA) is 88.0 Å². The molecule has 0 bridgehead atoms. The zero-order chi connectivity index (χ0) is 14.1. The van der Waals surface area contributed by atoms with Crippen LogP contribution in [0.3, 0.4) is 0 Å². The van der Waals surface area contributed by atoms with Gasteiger partial charge in [-0.3, -0.25) is 0 Å². The van der Waals surface area contributed by atoms with Crippen molar-refractivity contribution < 1.29 is 24.5 Å². The van der Waals surface area contributed by atoms with E-state index in [1.165, 1.54) is 19.2 Å². The van der Waals surface area contributed by atoms with Gasteiger partial charge in [-0.1, -0.05) is 0 Å². The molecule has 6 heteroatoms. The highest BCUT2D eigenvalue weighted by atomic mass is 16.5. The monoisotopic (exact) mass is 269 g/mol. The van der Waals surface area contributed by atoms with Crippen molar-refractivity contribution in [2.75, 3.05) is 33.4 Å². The van der Waals surface area contributed by atoms with E-state index >= 15 is 0 Å². The molecule has 19 heavy (non-hydrogen) atoms. The molecule has 0 radical (unpaired) electrons. The second kappa shape index (κ2) is 8.47. The molecular formula is C13H19NO5. The van der Waals surface area contributed by atoms with Crippen molar-refractivity contribution in [2.45, 2.75) is 6.10 Å². The van der Waals surface area contributed by atoms with Gasteiger partial charge in [0, 0.05) is 20.2 Å². The Balaban J connectivity index is 2.17. The van der Waals surface area contributed by atoms with Crippen LogP contribution in [0, 0.1) is 0 Å². The Morgan fingerprint density at radius 1 is 1.37 bits per heavy atom. The molecule has 6 nitrogen and oxygen atoms in total. The molecule has 1 aromatic rings. The van der Waals surface area contributed by atoms with Crippen molar-refractivity contribution in [1.82, 2.24) is 5.32 Å². The highest BCUT2D eigenvalue weighted by Gasteiger charge is 2.03. The van der Waals surface area contributed by atoms with Crippen molar-refractivity contribution in [3.8, 4) is 5.75 Å². The molecule has 0 amide bonds. The van der Waals surface area contributed by atoms with Gasteiger partial charge >= 0.3 is 5.97 Å². The summed E-state index contributed by atoms with van der Waals surface area (Å²) in [7, 11) is 1.53. The highest BCUT2D eigenvalue weighted by Crippen LogP contribution is 2.11. The van der Waals surface area contributed by atoms with Crippen LogP contribution in [-0.4, -0.2) is 55.7 Å². The molecule has 0 aliphatic rings. The van der Waals surface area contributed by atoms with Crippen LogP contribution in [0.1, 0.15) is 10.4 Å². The van der Waals surface area contributed by atoms with Crippen LogP contribution in [0.15, 0.2) is 24.3 Å². The first kappa shape index (κ1) is 15.4. The van der Waals surface area contributed by atoms with Crippen LogP contribution in [0.2, 0.25) is 0 Å². The minimum absolute atomic E-state index is 0.230. The second-order valence-corrected chi connectivity index (χ2v) is 3.99. The fourth-order valence-corrected chi connectivity index (χ4v) is 1.45. The molecule has 3 N–H and O–H groups in total. The largest absolute Gasteiger partial charge is 0.492 e. The number of carboxylic acids is 1. The summed E-state index contributed by atoms with van der Waals surface area (Å²) in [5.74, 6) is -0.343. The summed E-state index contributed by atoms with van der Waals surface area (Å²) in [5, 5.41) is 21.1. The minimum Gasteiger partial charge on any atom is -0.492 e. The van der Waals surface area contributed by atoms with E-state index in [-0.39, 0.29) is 5.56 Å². The molecule has 0 aliphatic carbocycles. The van der Waals surface area contributed by atoms with Gasteiger partial charge in [-0.2, -0.15) is 0 Å². The summed E-state index contributed by atoms with van der Waals surface area (Å²) in [6.45, 7) is 1.76. The average molecular weight is 269 g/mol. The molecule has 1 unspecified atom stereocenters. The number of rotatable bonds is 9. The smallest absolute Gasteiger partial charge is 0.335 e. The standard InChI is InChI=1S/C13H19NO5/c1-18-9-11(15)8-14-6-7-19-12-4-2-10(3-5-12)13(16)17/h2-5,11,14-15H,6-9H2,1H3,(H,16,17). The molecule has 0 saturated heterocycles. The number of nitrogens with one attached hydrogen (secondary N) is 1. The maximum Gasteiger partial charge on any atom is 0.335 e. The first-order chi connectivity index (χ1) is 9.13. The van der Waals surface area contributed by atoms with Gasteiger partial charge in [0.1, 0.15) is 12.4 Å². The Kier molecular flexibility index (Phi) is 6.88. The molecule has 0 aromatic heterocycles. The van der Waals surface area contributed by atoms with Crippen molar-refractivity contribution >= 4 is 5.97 Å². The molecule has 0 spiro atoms. The molecule has 1 aromatic carbocycles. The first-order valence-corrected chi connectivity index (χ1v) is 5.97. The lowest BCUT2D eigenvalue weighted by Crippen LogP contribution is -2.32. The van der Waals surface area contributed by atoms with E-state index in [0.29, 0.717) is 32.1 Å². The fourth-order valence-electron chi connectivity index (χ4n) is 1.45. The van der Waals surface area contributed by atoms with E-state index in [1.807, 2.05) is 0 Å². The third-order valence-corrected chi connectivity index (χ3v) is 2.39. The number of carboxylic acid groups (broad SMARTS) is 1. The Bertz CT molecular complexity index is 379. The number of aliphatic hydroxyl groups excluding tert-OH is 1. The number of benzene rings is 1. The summed E-state index contributed by atoms with van der Waals surface area (Å²) in [6, 6.07) is 6.22. The molecule has 0 heterocycles. The third-order valence-electron chi connectivity index (χ3n) is 2.39. The van der Waals surface area contributed by atoms with Crippen LogP contribution in [-0.2, 0) is 4.74 Å². The van der Waals surface area contributed by atoms with Gasteiger partial charge in [0.15, 0.2) is 0 Å². The van der Waals surface area contributed by atoms with E-state index in [1.54, 1.807) is 12.1 Å². The third kappa shape index (κ3) is 6.19. The van der Waals surface area contributed by atoms with E-state index in [2.05, 4.69) is 5.32 Å². The lowest BCUT2D eigenvalue weighted by atomic mass is 10.2. The number of aliphatic hydroxyl groups is 1. The number of hydrogen-bond acceptors (Lipinski definition) is 5. The molecular weight excluding hydrogens is 250 g/mol. The molecule has 0 fully saturated rings. The average Bonchev–Trinajstić information content (AvgIpc) is 2.39. The summed E-state index contributed by atoms with van der Waals surface area (Å²) >= 11 is 0. The Hall–Kier alpha value is -1.63. The van der Waals surface area contributed by atoms with Crippen LogP contribution in [0.25, 0.3) is 0 Å². The first-order valence-electron chi connectivity index (χ1n) is 5.97. The van der Waals surface area contributed by atoms with Gasteiger partial charge in [0.25, 0.3) is 0 Å². The zero-order valence-corrected chi connectivity index (χ0v) is 10.8. The maximum atomic E-state index is 10.6. The lowest BCUT2D eigenvalue weighted by Gasteiger charge is -2.11. The zero-order valence-electron chi connectivity index (χ0n) is 10.8. The predicted octanol–water partition coefficient (Wildman–Crippen LogP) is 0.361. The van der Waals surface area contributed by atoms with Crippen LogP contribution < -0.4 is 10.1 Å². The van der Waals surface area contributed by atoms with Gasteiger partial charge in [-0.05, 0) is 24.3 Å². The summed E-state index contributed by atoms with van der Waals surface area (Å²) in [4.78, 5) is 10.6. The maximum absolute atomic E-state index is 10.6. The number of carbonyl (C=O) groups is 1. The van der Waals surface area contributed by atoms with Crippen molar-refractivity contribution in [3.63, 3.8) is 0 Å². The van der Waals surface area contributed by atoms with Gasteiger partial charge < -0.3 is 25.0 Å². The van der Waals surface area contributed by atoms with Crippen LogP contribution in [0.5, 0.6) is 5.75 Å². The van der Waals surface area contributed by atoms with Crippen molar-refractivity contribution in [2.24, 2.45) is 0 Å². The van der Waals surface area contributed by atoms with Gasteiger partial charge in [0.05, 0.1) is 18.3 Å². The van der Waals surface area contributed by atoms with Gasteiger partial charge in [-0.25, -0.2) is 4.79 Å². The fraction of sp³-hybridized carbons (Fsp3) is 0.462. The number of hydrogen-bond donors (Lipinski definition) is 3. The van der Waals surface area contributed by atoms with Gasteiger partial charge in [-0.15, -0.1) is 0 Å². The normalized spacial score (nSPS) is 12.1. The summed E-state index contributed by atoms with van der Waals surface area (Å²) < 4.78 is 10.2.